The fourth-order valence-corrected chi connectivity index (χ4v) is 7.13. The van der Waals surface area contributed by atoms with Crippen LogP contribution in [0.1, 0.15) is 48.1 Å². The van der Waals surface area contributed by atoms with Gasteiger partial charge < -0.3 is 15.0 Å². The van der Waals surface area contributed by atoms with Crippen molar-refractivity contribution in [2.24, 2.45) is 0 Å². The maximum Gasteiger partial charge on any atom is 0.355 e. The number of piperazine rings is 1. The lowest BCUT2D eigenvalue weighted by atomic mass is 9.81. The number of nitrogens with zero attached hydrogens (tertiary/aromatic N) is 4. The number of halogens is 2. The zero-order chi connectivity index (χ0) is 34.8. The van der Waals surface area contributed by atoms with Crippen molar-refractivity contribution in [1.82, 2.24) is 14.5 Å². The molecule has 50 heavy (non-hydrogen) atoms. The van der Waals surface area contributed by atoms with Crippen molar-refractivity contribution in [1.29, 1.82) is 0 Å². The number of fused-ring (bicyclic) bond motifs is 1. The van der Waals surface area contributed by atoms with Crippen molar-refractivity contribution in [3.63, 3.8) is 0 Å². The molecule has 1 atom stereocenters. The SMILES string of the molecule is CCOC(=O)C1=C(C)Nc2c(c(N3CCN(C(c4ccc(F)cc4)c4ccc(F)cc4)CC3)nc(=O)n2-c2ccccc2)C1c1ccccc1. The summed E-state index contributed by atoms with van der Waals surface area (Å²) in [6, 6.07) is 31.6. The van der Waals surface area contributed by atoms with Crippen LogP contribution in [0.15, 0.2) is 125 Å². The average molecular weight is 674 g/mol. The minimum absolute atomic E-state index is 0.212. The van der Waals surface area contributed by atoms with Crippen molar-refractivity contribution in [2.45, 2.75) is 25.8 Å². The van der Waals surface area contributed by atoms with Gasteiger partial charge in [-0.1, -0.05) is 72.8 Å². The summed E-state index contributed by atoms with van der Waals surface area (Å²) < 4.78 is 35.1. The molecule has 7 rings (SSSR count). The molecule has 254 valence electrons. The Morgan fingerprint density at radius 1 is 0.840 bits per heavy atom. The Morgan fingerprint density at radius 3 is 1.96 bits per heavy atom. The number of carbonyl (C=O) groups excluding carboxylic acids is 1. The number of allylic oxidation sites excluding steroid dienone is 1. The molecule has 0 saturated carbocycles. The maximum absolute atomic E-state index is 14.0. The van der Waals surface area contributed by atoms with E-state index in [0.717, 1.165) is 16.7 Å². The van der Waals surface area contributed by atoms with Gasteiger partial charge >= 0.3 is 11.7 Å². The smallest absolute Gasteiger partial charge is 0.355 e. The highest BCUT2D eigenvalue weighted by molar-refractivity contribution is 5.95. The summed E-state index contributed by atoms with van der Waals surface area (Å²) in [5.74, 6) is -0.632. The molecular formula is C40H37F2N5O3. The number of nitrogens with one attached hydrogen (secondary N) is 1. The van der Waals surface area contributed by atoms with Crippen LogP contribution >= 0.6 is 0 Å². The van der Waals surface area contributed by atoms with Crippen LogP contribution in [0.4, 0.5) is 20.4 Å². The largest absolute Gasteiger partial charge is 0.463 e. The first-order valence-corrected chi connectivity index (χ1v) is 16.8. The molecule has 3 heterocycles. The maximum atomic E-state index is 14.0. The van der Waals surface area contributed by atoms with Crippen LogP contribution in [0.25, 0.3) is 5.69 Å². The molecule has 1 saturated heterocycles. The third-order valence-electron chi connectivity index (χ3n) is 9.39. The predicted octanol–water partition coefficient (Wildman–Crippen LogP) is 6.82. The molecule has 0 radical (unpaired) electrons. The zero-order valence-corrected chi connectivity index (χ0v) is 27.9. The summed E-state index contributed by atoms with van der Waals surface area (Å²) in [5.41, 5.74) is 4.59. The number of rotatable bonds is 8. The second-order valence-electron chi connectivity index (χ2n) is 12.4. The van der Waals surface area contributed by atoms with Gasteiger partial charge in [-0.2, -0.15) is 4.98 Å². The highest BCUT2D eigenvalue weighted by Crippen LogP contribution is 2.46. The quantitative estimate of drug-likeness (QED) is 0.181. The predicted molar refractivity (Wildman–Crippen MR) is 190 cm³/mol. The number of aromatic nitrogens is 2. The molecule has 4 aromatic carbocycles. The highest BCUT2D eigenvalue weighted by Gasteiger charge is 2.40. The van der Waals surface area contributed by atoms with Gasteiger partial charge in [-0.05, 0) is 66.9 Å². The molecule has 0 amide bonds. The van der Waals surface area contributed by atoms with Crippen LogP contribution in [-0.2, 0) is 9.53 Å². The fourth-order valence-electron chi connectivity index (χ4n) is 7.13. The summed E-state index contributed by atoms with van der Waals surface area (Å²) in [7, 11) is 0. The summed E-state index contributed by atoms with van der Waals surface area (Å²) in [6.07, 6.45) is 0. The number of carbonyl (C=O) groups is 1. The monoisotopic (exact) mass is 673 g/mol. The van der Waals surface area contributed by atoms with Crippen LogP contribution in [0.5, 0.6) is 0 Å². The van der Waals surface area contributed by atoms with E-state index in [-0.39, 0.29) is 24.3 Å². The topological polar surface area (TPSA) is 79.7 Å². The molecule has 1 N–H and O–H groups in total. The number of hydrogen-bond acceptors (Lipinski definition) is 7. The van der Waals surface area contributed by atoms with E-state index in [1.165, 1.54) is 24.3 Å². The van der Waals surface area contributed by atoms with Crippen LogP contribution < -0.4 is 15.9 Å². The standard InChI is InChI=1S/C40H37F2N5O3/c1-3-50-39(48)33-26(2)43-38-35(34(33)27-10-6-4-7-11-27)37(44-40(49)47(38)32-12-8-5-9-13-32)46-24-22-45(23-25-46)36(28-14-18-30(41)19-15-28)29-16-20-31(42)21-17-29/h4-21,34,36,43H,3,22-25H2,1-2H3. The summed E-state index contributed by atoms with van der Waals surface area (Å²) >= 11 is 0. The van der Waals surface area contributed by atoms with Gasteiger partial charge in [-0.3, -0.25) is 4.90 Å². The van der Waals surface area contributed by atoms with Crippen LogP contribution in [0.2, 0.25) is 0 Å². The van der Waals surface area contributed by atoms with Gasteiger partial charge in [0.1, 0.15) is 23.3 Å². The third kappa shape index (κ3) is 6.30. The molecule has 5 aromatic rings. The Morgan fingerprint density at radius 2 is 1.40 bits per heavy atom. The van der Waals surface area contributed by atoms with Gasteiger partial charge in [0.05, 0.1) is 29.8 Å². The fraction of sp³-hybridized carbons (Fsp3) is 0.225. The van der Waals surface area contributed by atoms with Crippen molar-refractivity contribution in [3.8, 4) is 5.69 Å². The Hall–Kier alpha value is -5.61. The summed E-state index contributed by atoms with van der Waals surface area (Å²) in [4.78, 5) is 36.8. The molecule has 10 heteroatoms. The van der Waals surface area contributed by atoms with Crippen LogP contribution in [0.3, 0.4) is 0 Å². The minimum Gasteiger partial charge on any atom is -0.463 e. The first-order valence-electron chi connectivity index (χ1n) is 16.8. The van der Waals surface area contributed by atoms with E-state index in [2.05, 4.69) is 15.1 Å². The molecule has 0 aliphatic carbocycles. The average Bonchev–Trinajstić information content (AvgIpc) is 3.13. The molecule has 1 unspecified atom stereocenters. The molecular weight excluding hydrogens is 636 g/mol. The Kier molecular flexibility index (Phi) is 9.27. The molecule has 0 bridgehead atoms. The van der Waals surface area contributed by atoms with Crippen molar-refractivity contribution >= 4 is 17.6 Å². The lowest BCUT2D eigenvalue weighted by Gasteiger charge is -2.42. The van der Waals surface area contributed by atoms with Crippen LogP contribution in [-0.4, -0.2) is 53.2 Å². The first kappa shape index (κ1) is 32.9. The number of para-hydroxylation sites is 1. The van der Waals surface area contributed by atoms with Gasteiger partial charge in [0.25, 0.3) is 0 Å². The third-order valence-corrected chi connectivity index (χ3v) is 9.39. The Balaban J connectivity index is 1.33. The highest BCUT2D eigenvalue weighted by atomic mass is 19.1. The van der Waals surface area contributed by atoms with E-state index < -0.39 is 17.6 Å². The van der Waals surface area contributed by atoms with E-state index >= 15 is 0 Å². The lowest BCUT2D eigenvalue weighted by molar-refractivity contribution is -0.138. The van der Waals surface area contributed by atoms with Crippen LogP contribution in [0, 0.1) is 11.6 Å². The molecule has 1 fully saturated rings. The minimum atomic E-state index is -0.575. The van der Waals surface area contributed by atoms with E-state index in [1.807, 2.05) is 67.6 Å². The second kappa shape index (κ2) is 14.1. The second-order valence-corrected chi connectivity index (χ2v) is 12.4. The normalized spacial score (nSPS) is 16.3. The van der Waals surface area contributed by atoms with E-state index in [9.17, 15) is 18.4 Å². The van der Waals surface area contributed by atoms with Crippen molar-refractivity contribution < 1.29 is 18.3 Å². The number of benzene rings is 4. The number of anilines is 2. The Labute approximate surface area is 289 Å². The van der Waals surface area contributed by atoms with Gasteiger partial charge in [0, 0.05) is 37.4 Å². The number of esters is 1. The summed E-state index contributed by atoms with van der Waals surface area (Å²) in [6.45, 7) is 5.97. The molecule has 2 aliphatic rings. The first-order chi connectivity index (χ1) is 24.3. The van der Waals surface area contributed by atoms with E-state index in [1.54, 1.807) is 35.8 Å². The van der Waals surface area contributed by atoms with Gasteiger partial charge in [0.2, 0.25) is 0 Å². The molecule has 8 nitrogen and oxygen atoms in total. The van der Waals surface area contributed by atoms with Crippen molar-refractivity contribution in [3.05, 3.63) is 165 Å². The van der Waals surface area contributed by atoms with E-state index in [0.29, 0.717) is 60.3 Å². The number of ether oxygens (including phenoxy) is 1. The zero-order valence-electron chi connectivity index (χ0n) is 27.9. The van der Waals surface area contributed by atoms with Gasteiger partial charge in [-0.15, -0.1) is 0 Å². The molecule has 1 aromatic heterocycles. The Bertz CT molecular complexity index is 2030. The van der Waals surface area contributed by atoms with Gasteiger partial charge in [0.15, 0.2) is 0 Å². The summed E-state index contributed by atoms with van der Waals surface area (Å²) in [5, 5.41) is 3.42. The van der Waals surface area contributed by atoms with E-state index in [4.69, 9.17) is 9.72 Å². The lowest BCUT2D eigenvalue weighted by Crippen LogP contribution is -2.49. The van der Waals surface area contributed by atoms with Gasteiger partial charge in [-0.25, -0.2) is 22.9 Å². The molecule has 0 spiro atoms. The number of hydrogen-bond donors (Lipinski definition) is 1. The molecule has 2 aliphatic heterocycles. The van der Waals surface area contributed by atoms with Crippen molar-refractivity contribution in [2.75, 3.05) is 43.0 Å².